The van der Waals surface area contributed by atoms with Crippen LogP contribution < -0.4 is 19.5 Å². The zero-order valence-corrected chi connectivity index (χ0v) is 23.0. The van der Waals surface area contributed by atoms with Gasteiger partial charge in [-0.2, -0.15) is 0 Å². The van der Waals surface area contributed by atoms with Crippen LogP contribution in [0.1, 0.15) is 27.6 Å². The lowest BCUT2D eigenvalue weighted by Gasteiger charge is -2.09. The highest BCUT2D eigenvalue weighted by molar-refractivity contribution is 5.93. The van der Waals surface area contributed by atoms with E-state index in [1.807, 2.05) is 0 Å². The number of anilines is 1. The summed E-state index contributed by atoms with van der Waals surface area (Å²) in [5.74, 6) is -0.695. The summed E-state index contributed by atoms with van der Waals surface area (Å²) in [6, 6.07) is 15.5. The smallest absolute Gasteiger partial charge is 0.344 e. The molecule has 0 aliphatic rings. The van der Waals surface area contributed by atoms with Gasteiger partial charge in [-0.1, -0.05) is 6.58 Å². The van der Waals surface area contributed by atoms with Gasteiger partial charge in [-0.05, 0) is 60.7 Å². The van der Waals surface area contributed by atoms with Crippen molar-refractivity contribution in [1.29, 1.82) is 0 Å². The molecule has 0 saturated carbocycles. The van der Waals surface area contributed by atoms with Crippen molar-refractivity contribution in [2.45, 2.75) is 13.2 Å². The van der Waals surface area contributed by atoms with Crippen LogP contribution in [-0.2, 0) is 19.0 Å². The number of hydrogen-bond donors (Lipinski definition) is 2. The van der Waals surface area contributed by atoms with Gasteiger partial charge in [-0.3, -0.25) is 4.79 Å². The molecule has 222 valence electrons. The van der Waals surface area contributed by atoms with Gasteiger partial charge in [0.1, 0.15) is 18.1 Å². The molecule has 1 amide bonds. The number of aliphatic hydroxyl groups excluding tert-OH is 1. The van der Waals surface area contributed by atoms with Crippen molar-refractivity contribution in [2.24, 2.45) is 0 Å². The molecule has 1 atom stereocenters. The standard InChI is InChI=1S/C30H32N2O10/c1-3-28(34)40-19-17-38-15-14-37-16-18-39-25-10-6-23(7-11-25)29(35)41-26-12-13-27(31-20-26)42-30(36)22-4-8-24(9-5-22)32-21(2)33/h3-13,20,28,34H,1,14-19H2,2H3,(H,32,33). The first-order valence-corrected chi connectivity index (χ1v) is 12.9. The highest BCUT2D eigenvalue weighted by Crippen LogP contribution is 2.19. The molecule has 0 saturated heterocycles. The monoisotopic (exact) mass is 580 g/mol. The van der Waals surface area contributed by atoms with Gasteiger partial charge in [-0.15, -0.1) is 0 Å². The van der Waals surface area contributed by atoms with E-state index in [0.717, 1.165) is 0 Å². The number of benzene rings is 2. The Hall–Kier alpha value is -4.62. The summed E-state index contributed by atoms with van der Waals surface area (Å²) in [5.41, 5.74) is 1.13. The molecule has 3 aromatic rings. The number of hydrogen-bond acceptors (Lipinski definition) is 11. The lowest BCUT2D eigenvalue weighted by Crippen LogP contribution is -2.15. The first kappa shape index (κ1) is 31.9. The van der Waals surface area contributed by atoms with Crippen LogP contribution in [0.15, 0.2) is 79.5 Å². The fourth-order valence-corrected chi connectivity index (χ4v) is 3.22. The molecule has 1 unspecified atom stereocenters. The van der Waals surface area contributed by atoms with Crippen molar-refractivity contribution in [3.05, 3.63) is 90.6 Å². The second-order valence-electron chi connectivity index (χ2n) is 8.46. The Labute approximate surface area is 242 Å². The van der Waals surface area contributed by atoms with Gasteiger partial charge in [0.05, 0.1) is 50.4 Å². The van der Waals surface area contributed by atoms with E-state index in [1.165, 1.54) is 43.5 Å². The molecule has 2 aromatic carbocycles. The third-order valence-corrected chi connectivity index (χ3v) is 5.23. The van der Waals surface area contributed by atoms with Crippen LogP contribution >= 0.6 is 0 Å². The maximum absolute atomic E-state index is 12.5. The van der Waals surface area contributed by atoms with Crippen LogP contribution in [0.5, 0.6) is 17.4 Å². The van der Waals surface area contributed by atoms with E-state index in [-0.39, 0.29) is 29.7 Å². The minimum atomic E-state index is -0.993. The van der Waals surface area contributed by atoms with Gasteiger partial charge in [0, 0.05) is 18.7 Å². The molecule has 0 spiro atoms. The molecule has 12 nitrogen and oxygen atoms in total. The number of aromatic nitrogens is 1. The maximum Gasteiger partial charge on any atom is 0.344 e. The molecule has 0 bridgehead atoms. The van der Waals surface area contributed by atoms with E-state index in [0.29, 0.717) is 50.0 Å². The van der Waals surface area contributed by atoms with E-state index in [1.54, 1.807) is 36.4 Å². The predicted molar refractivity (Wildman–Crippen MR) is 151 cm³/mol. The number of nitrogens with zero attached hydrogens (tertiary/aromatic N) is 1. The number of carbonyl (C=O) groups is 3. The molecule has 0 aliphatic carbocycles. The average Bonchev–Trinajstić information content (AvgIpc) is 2.99. The Morgan fingerprint density at radius 3 is 1.98 bits per heavy atom. The second kappa shape index (κ2) is 17.3. The van der Waals surface area contributed by atoms with Crippen molar-refractivity contribution in [3.8, 4) is 17.4 Å². The minimum absolute atomic E-state index is 0.0262. The first-order valence-electron chi connectivity index (χ1n) is 12.9. The van der Waals surface area contributed by atoms with Crippen LogP contribution in [0.2, 0.25) is 0 Å². The number of ether oxygens (including phenoxy) is 6. The fraction of sp³-hybridized carbons (Fsp3) is 0.267. The lowest BCUT2D eigenvalue weighted by molar-refractivity contribution is -0.114. The average molecular weight is 581 g/mol. The summed E-state index contributed by atoms with van der Waals surface area (Å²) in [7, 11) is 0. The molecule has 0 fully saturated rings. The van der Waals surface area contributed by atoms with E-state index in [2.05, 4.69) is 16.9 Å². The largest absolute Gasteiger partial charge is 0.491 e. The van der Waals surface area contributed by atoms with Crippen molar-refractivity contribution < 1.29 is 47.9 Å². The summed E-state index contributed by atoms with van der Waals surface area (Å²) in [6.45, 7) is 6.79. The lowest BCUT2D eigenvalue weighted by atomic mass is 10.2. The van der Waals surface area contributed by atoms with Crippen molar-refractivity contribution in [2.75, 3.05) is 45.0 Å². The van der Waals surface area contributed by atoms with Crippen molar-refractivity contribution in [3.63, 3.8) is 0 Å². The fourth-order valence-electron chi connectivity index (χ4n) is 3.22. The Balaban J connectivity index is 1.34. The van der Waals surface area contributed by atoms with Crippen molar-refractivity contribution >= 4 is 23.5 Å². The Morgan fingerprint density at radius 1 is 0.810 bits per heavy atom. The molecule has 0 aliphatic heterocycles. The van der Waals surface area contributed by atoms with Crippen LogP contribution in [0, 0.1) is 0 Å². The van der Waals surface area contributed by atoms with E-state index in [4.69, 9.17) is 33.5 Å². The quantitative estimate of drug-likeness (QED) is 0.105. The molecule has 1 heterocycles. The molecule has 3 rings (SSSR count). The zero-order chi connectivity index (χ0) is 30.2. The zero-order valence-electron chi connectivity index (χ0n) is 23.0. The summed E-state index contributed by atoms with van der Waals surface area (Å²) in [4.78, 5) is 39.9. The summed E-state index contributed by atoms with van der Waals surface area (Å²) in [5, 5.41) is 11.8. The highest BCUT2D eigenvalue weighted by Gasteiger charge is 2.12. The Kier molecular flexibility index (Phi) is 13.1. The van der Waals surface area contributed by atoms with Gasteiger partial charge in [0.15, 0.2) is 6.29 Å². The molecule has 0 radical (unpaired) electrons. The van der Waals surface area contributed by atoms with Crippen molar-refractivity contribution in [1.82, 2.24) is 4.98 Å². The number of pyridine rings is 1. The Morgan fingerprint density at radius 2 is 1.38 bits per heavy atom. The second-order valence-corrected chi connectivity index (χ2v) is 8.46. The molecule has 12 heteroatoms. The van der Waals surface area contributed by atoms with Crippen LogP contribution in [-0.4, -0.2) is 73.9 Å². The van der Waals surface area contributed by atoms with Crippen LogP contribution in [0.3, 0.4) is 0 Å². The van der Waals surface area contributed by atoms with E-state index < -0.39 is 18.2 Å². The van der Waals surface area contributed by atoms with Gasteiger partial charge in [-0.25, -0.2) is 14.6 Å². The molecular formula is C30H32N2O10. The van der Waals surface area contributed by atoms with Crippen LogP contribution in [0.4, 0.5) is 5.69 Å². The first-order chi connectivity index (χ1) is 20.3. The Bertz CT molecular complexity index is 1300. The van der Waals surface area contributed by atoms with E-state index >= 15 is 0 Å². The highest BCUT2D eigenvalue weighted by atomic mass is 16.6. The number of aliphatic hydroxyl groups is 1. The maximum atomic E-state index is 12.5. The van der Waals surface area contributed by atoms with Gasteiger partial charge >= 0.3 is 11.9 Å². The number of nitrogens with one attached hydrogen (secondary N) is 1. The molecular weight excluding hydrogens is 548 g/mol. The third-order valence-electron chi connectivity index (χ3n) is 5.23. The summed E-state index contributed by atoms with van der Waals surface area (Å²) in [6.07, 6.45) is 1.56. The predicted octanol–water partition coefficient (Wildman–Crippen LogP) is 3.41. The molecule has 2 N–H and O–H groups in total. The third kappa shape index (κ3) is 11.5. The number of amides is 1. The minimum Gasteiger partial charge on any atom is -0.491 e. The summed E-state index contributed by atoms with van der Waals surface area (Å²) < 4.78 is 31.9. The van der Waals surface area contributed by atoms with Gasteiger partial charge < -0.3 is 38.8 Å². The van der Waals surface area contributed by atoms with E-state index in [9.17, 15) is 14.4 Å². The molecule has 1 aromatic heterocycles. The topological polar surface area (TPSA) is 152 Å². The number of carbonyl (C=O) groups excluding carboxylic acids is 3. The van der Waals surface area contributed by atoms with Crippen LogP contribution in [0.25, 0.3) is 0 Å². The summed E-state index contributed by atoms with van der Waals surface area (Å²) >= 11 is 0. The number of esters is 2. The van der Waals surface area contributed by atoms with Gasteiger partial charge in [0.2, 0.25) is 11.8 Å². The van der Waals surface area contributed by atoms with Gasteiger partial charge in [0.25, 0.3) is 0 Å². The normalized spacial score (nSPS) is 11.3. The number of rotatable bonds is 17. The molecule has 42 heavy (non-hydrogen) atoms. The SMILES string of the molecule is C=CC(O)OCCOCCOCCOc1ccc(C(=O)Oc2ccc(OC(=O)c3ccc(NC(C)=O)cc3)nc2)cc1.